The van der Waals surface area contributed by atoms with Gasteiger partial charge in [0.25, 0.3) is 0 Å². The molecule has 0 saturated heterocycles. The number of benzene rings is 1. The molecular formula is C15H19ClN2S. The second-order valence-corrected chi connectivity index (χ2v) is 6.27. The molecule has 0 fully saturated rings. The molecule has 1 aromatic heterocycles. The lowest BCUT2D eigenvalue weighted by atomic mass is 10.1. The lowest BCUT2D eigenvalue weighted by Gasteiger charge is -2.22. The van der Waals surface area contributed by atoms with Crippen molar-refractivity contribution in [3.05, 3.63) is 45.1 Å². The van der Waals surface area contributed by atoms with E-state index in [1.807, 2.05) is 32.3 Å². The molecule has 1 aromatic carbocycles. The first-order valence-corrected chi connectivity index (χ1v) is 7.52. The van der Waals surface area contributed by atoms with Gasteiger partial charge in [-0.15, -0.1) is 11.3 Å². The Morgan fingerprint density at radius 1 is 1.26 bits per heavy atom. The van der Waals surface area contributed by atoms with Crippen LogP contribution in [0.5, 0.6) is 0 Å². The van der Waals surface area contributed by atoms with Crippen LogP contribution in [0.1, 0.15) is 23.4 Å². The molecule has 1 unspecified atom stereocenters. The van der Waals surface area contributed by atoms with Gasteiger partial charge >= 0.3 is 0 Å². The van der Waals surface area contributed by atoms with Crippen LogP contribution in [0.3, 0.4) is 0 Å². The second kappa shape index (κ2) is 5.85. The van der Waals surface area contributed by atoms with Crippen LogP contribution in [0.2, 0.25) is 5.02 Å². The van der Waals surface area contributed by atoms with Gasteiger partial charge in [-0.25, -0.2) is 0 Å². The van der Waals surface area contributed by atoms with E-state index in [-0.39, 0.29) is 6.04 Å². The van der Waals surface area contributed by atoms with E-state index in [0.717, 1.165) is 16.4 Å². The fourth-order valence-electron chi connectivity index (χ4n) is 2.14. The average molecular weight is 295 g/mol. The predicted octanol–water partition coefficient (Wildman–Crippen LogP) is 4.95. The van der Waals surface area contributed by atoms with Gasteiger partial charge in [0.2, 0.25) is 0 Å². The number of rotatable bonds is 4. The van der Waals surface area contributed by atoms with Crippen molar-refractivity contribution in [1.82, 2.24) is 0 Å². The third-order valence-electron chi connectivity index (χ3n) is 3.11. The minimum absolute atomic E-state index is 0.275. The van der Waals surface area contributed by atoms with Gasteiger partial charge < -0.3 is 10.2 Å². The first-order valence-electron chi connectivity index (χ1n) is 6.26. The van der Waals surface area contributed by atoms with Crippen molar-refractivity contribution in [2.75, 3.05) is 24.3 Å². The summed E-state index contributed by atoms with van der Waals surface area (Å²) in [7, 11) is 4.07. The van der Waals surface area contributed by atoms with Crippen LogP contribution in [-0.4, -0.2) is 14.1 Å². The number of anilines is 2. The average Bonchev–Trinajstić information content (AvgIpc) is 2.75. The lowest BCUT2D eigenvalue weighted by Crippen LogP contribution is -2.14. The molecule has 102 valence electrons. The van der Waals surface area contributed by atoms with E-state index >= 15 is 0 Å². The highest BCUT2D eigenvalue weighted by Gasteiger charge is 2.13. The van der Waals surface area contributed by atoms with E-state index in [1.54, 1.807) is 11.3 Å². The Balaban J connectivity index is 2.28. The van der Waals surface area contributed by atoms with Gasteiger partial charge in [-0.05, 0) is 49.1 Å². The van der Waals surface area contributed by atoms with Gasteiger partial charge in [-0.1, -0.05) is 11.6 Å². The minimum atomic E-state index is 0.275. The van der Waals surface area contributed by atoms with Crippen LogP contribution in [0, 0.1) is 6.92 Å². The van der Waals surface area contributed by atoms with Crippen LogP contribution in [0.4, 0.5) is 11.4 Å². The zero-order chi connectivity index (χ0) is 14.0. The summed E-state index contributed by atoms with van der Waals surface area (Å²) < 4.78 is 0. The molecule has 0 saturated carbocycles. The molecule has 19 heavy (non-hydrogen) atoms. The second-order valence-electron chi connectivity index (χ2n) is 4.89. The maximum absolute atomic E-state index is 6.11. The molecule has 0 bridgehead atoms. The predicted molar refractivity (Wildman–Crippen MR) is 86.9 cm³/mol. The Kier molecular flexibility index (Phi) is 4.38. The fraction of sp³-hybridized carbons (Fsp3) is 0.333. The number of aryl methyl sites for hydroxylation is 1. The van der Waals surface area contributed by atoms with Crippen molar-refractivity contribution in [3.63, 3.8) is 0 Å². The Hall–Kier alpha value is -1.19. The molecule has 0 aliphatic carbocycles. The summed E-state index contributed by atoms with van der Waals surface area (Å²) in [5.41, 5.74) is 3.54. The zero-order valence-corrected chi connectivity index (χ0v) is 13.3. The van der Waals surface area contributed by atoms with E-state index in [4.69, 9.17) is 11.6 Å². The number of hydrogen-bond donors (Lipinski definition) is 1. The first-order chi connectivity index (χ1) is 8.99. The summed E-state index contributed by atoms with van der Waals surface area (Å²) >= 11 is 7.89. The Morgan fingerprint density at radius 2 is 2.00 bits per heavy atom. The molecule has 2 nitrogen and oxygen atoms in total. The molecule has 0 aliphatic rings. The molecule has 1 atom stereocenters. The van der Waals surface area contributed by atoms with E-state index in [9.17, 15) is 0 Å². The topological polar surface area (TPSA) is 15.3 Å². The summed E-state index contributed by atoms with van der Waals surface area (Å²) in [6, 6.07) is 8.37. The molecule has 0 amide bonds. The molecule has 0 aliphatic heterocycles. The zero-order valence-electron chi connectivity index (χ0n) is 11.7. The largest absolute Gasteiger partial charge is 0.376 e. The van der Waals surface area contributed by atoms with Crippen molar-refractivity contribution in [3.8, 4) is 0 Å². The van der Waals surface area contributed by atoms with Crippen molar-refractivity contribution >= 4 is 34.3 Å². The molecule has 2 aromatic rings. The Labute approximate surface area is 124 Å². The van der Waals surface area contributed by atoms with Crippen molar-refractivity contribution in [2.24, 2.45) is 0 Å². The number of hydrogen-bond acceptors (Lipinski definition) is 3. The van der Waals surface area contributed by atoms with E-state index in [1.165, 1.54) is 10.4 Å². The number of halogens is 1. The standard InChI is InChI=1S/C15H19ClN2S/c1-10-7-8-19-15(10)11(2)17-13-9-12(16)5-6-14(13)18(3)4/h5-9,11,17H,1-4H3. The maximum atomic E-state index is 6.11. The lowest BCUT2D eigenvalue weighted by molar-refractivity contribution is 0.897. The molecule has 0 spiro atoms. The van der Waals surface area contributed by atoms with Gasteiger partial charge in [0.05, 0.1) is 17.4 Å². The minimum Gasteiger partial charge on any atom is -0.376 e. The van der Waals surface area contributed by atoms with E-state index in [2.05, 4.69) is 35.5 Å². The van der Waals surface area contributed by atoms with Crippen LogP contribution >= 0.6 is 22.9 Å². The quantitative estimate of drug-likeness (QED) is 0.858. The Morgan fingerprint density at radius 3 is 2.58 bits per heavy atom. The van der Waals surface area contributed by atoms with Crippen LogP contribution in [-0.2, 0) is 0 Å². The third kappa shape index (κ3) is 3.23. The third-order valence-corrected chi connectivity index (χ3v) is 4.54. The summed E-state index contributed by atoms with van der Waals surface area (Å²) in [5.74, 6) is 0. The fourth-order valence-corrected chi connectivity index (χ4v) is 3.25. The van der Waals surface area contributed by atoms with Gasteiger partial charge in [0.15, 0.2) is 0 Å². The number of nitrogens with one attached hydrogen (secondary N) is 1. The highest BCUT2D eigenvalue weighted by Crippen LogP contribution is 2.33. The van der Waals surface area contributed by atoms with Crippen LogP contribution in [0.15, 0.2) is 29.6 Å². The normalized spacial score (nSPS) is 12.3. The number of thiophene rings is 1. The molecular weight excluding hydrogens is 276 g/mol. The van der Waals surface area contributed by atoms with Gasteiger partial charge in [-0.2, -0.15) is 0 Å². The van der Waals surface area contributed by atoms with Gasteiger partial charge in [0, 0.05) is 24.0 Å². The highest BCUT2D eigenvalue weighted by atomic mass is 35.5. The summed E-state index contributed by atoms with van der Waals surface area (Å²) in [5, 5.41) is 6.45. The molecule has 4 heteroatoms. The first kappa shape index (κ1) is 14.2. The molecule has 0 radical (unpaired) electrons. The van der Waals surface area contributed by atoms with Crippen molar-refractivity contribution in [2.45, 2.75) is 19.9 Å². The molecule has 1 N–H and O–H groups in total. The monoisotopic (exact) mass is 294 g/mol. The molecule has 2 rings (SSSR count). The Bertz CT molecular complexity index is 563. The van der Waals surface area contributed by atoms with Crippen LogP contribution < -0.4 is 10.2 Å². The summed E-state index contributed by atoms with van der Waals surface area (Å²) in [4.78, 5) is 3.46. The molecule has 1 heterocycles. The number of nitrogens with zero attached hydrogens (tertiary/aromatic N) is 1. The maximum Gasteiger partial charge on any atom is 0.0598 e. The van der Waals surface area contributed by atoms with Crippen LogP contribution in [0.25, 0.3) is 0 Å². The van der Waals surface area contributed by atoms with E-state index < -0.39 is 0 Å². The highest BCUT2D eigenvalue weighted by molar-refractivity contribution is 7.10. The van der Waals surface area contributed by atoms with Gasteiger partial charge in [-0.3, -0.25) is 0 Å². The summed E-state index contributed by atoms with van der Waals surface area (Å²) in [6.45, 7) is 4.33. The van der Waals surface area contributed by atoms with E-state index in [0.29, 0.717) is 0 Å². The summed E-state index contributed by atoms with van der Waals surface area (Å²) in [6.07, 6.45) is 0. The van der Waals surface area contributed by atoms with Gasteiger partial charge in [0.1, 0.15) is 0 Å². The van der Waals surface area contributed by atoms with Crippen molar-refractivity contribution < 1.29 is 0 Å². The smallest absolute Gasteiger partial charge is 0.0598 e. The SMILES string of the molecule is Cc1ccsc1C(C)Nc1cc(Cl)ccc1N(C)C. The van der Waals surface area contributed by atoms with Crippen molar-refractivity contribution in [1.29, 1.82) is 0 Å².